The molecule has 3 atom stereocenters. The highest BCUT2D eigenvalue weighted by Gasteiger charge is 2.37. The number of nitrogens with zero attached hydrogens (tertiary/aromatic N) is 5. The van der Waals surface area contributed by atoms with Crippen LogP contribution in [0.15, 0.2) is 6.33 Å². The van der Waals surface area contributed by atoms with Crippen LogP contribution in [-0.2, 0) is 4.74 Å². The van der Waals surface area contributed by atoms with E-state index in [0.29, 0.717) is 17.0 Å². The number of fused-ring (bicyclic) bond motifs is 1. The molecule has 23 heavy (non-hydrogen) atoms. The molecular formula is C14H21FN6O2. The largest absolute Gasteiger partial charge is 0.394 e. The maximum Gasteiger partial charge on any atom is 0.224 e. The van der Waals surface area contributed by atoms with Crippen LogP contribution in [0.5, 0.6) is 0 Å². The molecule has 0 aliphatic carbocycles. The molecule has 1 aliphatic rings. The van der Waals surface area contributed by atoms with Gasteiger partial charge in [-0.3, -0.25) is 4.57 Å². The molecule has 0 unspecified atom stereocenters. The smallest absolute Gasteiger partial charge is 0.224 e. The van der Waals surface area contributed by atoms with Gasteiger partial charge < -0.3 is 20.5 Å². The van der Waals surface area contributed by atoms with Gasteiger partial charge in [0.1, 0.15) is 18.5 Å². The summed E-state index contributed by atoms with van der Waals surface area (Å²) in [5.41, 5.74) is 6.93. The van der Waals surface area contributed by atoms with Gasteiger partial charge in [0.05, 0.1) is 12.9 Å². The van der Waals surface area contributed by atoms with Gasteiger partial charge in [0, 0.05) is 20.0 Å². The number of anilines is 2. The summed E-state index contributed by atoms with van der Waals surface area (Å²) in [5.74, 6) is 0.771. The normalized spacial score (nSPS) is 24.4. The minimum atomic E-state index is -1.22. The van der Waals surface area contributed by atoms with E-state index in [-0.39, 0.29) is 19.0 Å². The first-order valence-corrected chi connectivity index (χ1v) is 7.66. The number of hydrogen-bond acceptors (Lipinski definition) is 7. The third-order valence-corrected chi connectivity index (χ3v) is 3.99. The molecule has 3 heterocycles. The summed E-state index contributed by atoms with van der Waals surface area (Å²) >= 11 is 0. The van der Waals surface area contributed by atoms with Gasteiger partial charge >= 0.3 is 0 Å². The van der Waals surface area contributed by atoms with Crippen molar-refractivity contribution >= 4 is 22.9 Å². The molecule has 1 saturated heterocycles. The maximum atomic E-state index is 13.8. The Balaban J connectivity index is 2.01. The highest BCUT2D eigenvalue weighted by atomic mass is 19.1. The molecule has 0 spiro atoms. The maximum absolute atomic E-state index is 13.8. The van der Waals surface area contributed by atoms with Crippen LogP contribution in [0.3, 0.4) is 0 Å². The van der Waals surface area contributed by atoms with E-state index in [1.54, 1.807) is 10.9 Å². The third-order valence-electron chi connectivity index (χ3n) is 3.99. The first kappa shape index (κ1) is 15.9. The van der Waals surface area contributed by atoms with E-state index in [1.807, 2.05) is 11.9 Å². The lowest BCUT2D eigenvalue weighted by molar-refractivity contribution is -0.0323. The Labute approximate surface area is 133 Å². The Morgan fingerprint density at radius 2 is 2.30 bits per heavy atom. The second-order valence-corrected chi connectivity index (χ2v) is 5.71. The SMILES string of the molecule is CCCN(C)c1nc(N)nc2c1ncn2[C@H]1C[C@H](F)[C@@H](CO)O1. The lowest BCUT2D eigenvalue weighted by Crippen LogP contribution is -2.21. The fourth-order valence-electron chi connectivity index (χ4n) is 2.86. The van der Waals surface area contributed by atoms with Gasteiger partial charge in [0.2, 0.25) is 5.95 Å². The van der Waals surface area contributed by atoms with Crippen LogP contribution in [0.4, 0.5) is 16.2 Å². The van der Waals surface area contributed by atoms with Crippen molar-refractivity contribution in [1.82, 2.24) is 19.5 Å². The Morgan fingerprint density at radius 3 is 2.96 bits per heavy atom. The summed E-state index contributed by atoms with van der Waals surface area (Å²) in [4.78, 5) is 14.8. The zero-order valence-electron chi connectivity index (χ0n) is 13.2. The number of alkyl halides is 1. The first-order valence-electron chi connectivity index (χ1n) is 7.66. The molecule has 0 amide bonds. The zero-order valence-corrected chi connectivity index (χ0v) is 13.2. The minimum Gasteiger partial charge on any atom is -0.394 e. The van der Waals surface area contributed by atoms with Crippen molar-refractivity contribution in [3.8, 4) is 0 Å². The number of aromatic nitrogens is 4. The van der Waals surface area contributed by atoms with E-state index in [9.17, 15) is 4.39 Å². The molecule has 1 fully saturated rings. The van der Waals surface area contributed by atoms with Crippen LogP contribution in [0, 0.1) is 0 Å². The van der Waals surface area contributed by atoms with Crippen LogP contribution in [0.1, 0.15) is 26.0 Å². The second kappa shape index (κ2) is 6.25. The van der Waals surface area contributed by atoms with Gasteiger partial charge in [-0.2, -0.15) is 9.97 Å². The molecule has 9 heteroatoms. The molecule has 3 N–H and O–H groups in total. The lowest BCUT2D eigenvalue weighted by atomic mass is 10.2. The fraction of sp³-hybridized carbons (Fsp3) is 0.643. The number of halogens is 1. The van der Waals surface area contributed by atoms with Gasteiger partial charge in [0.15, 0.2) is 17.0 Å². The van der Waals surface area contributed by atoms with E-state index < -0.39 is 18.5 Å². The average molecular weight is 324 g/mol. The van der Waals surface area contributed by atoms with Crippen molar-refractivity contribution < 1.29 is 14.2 Å². The van der Waals surface area contributed by atoms with Gasteiger partial charge in [-0.25, -0.2) is 9.37 Å². The summed E-state index contributed by atoms with van der Waals surface area (Å²) in [6, 6.07) is 0. The second-order valence-electron chi connectivity index (χ2n) is 5.71. The standard InChI is InChI=1S/C14H21FN6O2/c1-3-4-20(2)12-11-13(19-14(16)18-12)21(7-17-11)10-5-8(15)9(6-22)23-10/h7-10,22H,3-6H2,1-2H3,(H2,16,18,19)/t8-,9+,10+/m0/s1. The number of aliphatic hydroxyl groups excluding tert-OH is 1. The molecular weight excluding hydrogens is 303 g/mol. The summed E-state index contributed by atoms with van der Waals surface area (Å²) in [6.45, 7) is 2.52. The quantitative estimate of drug-likeness (QED) is 0.841. The van der Waals surface area contributed by atoms with Gasteiger partial charge in [0.25, 0.3) is 0 Å². The van der Waals surface area contributed by atoms with Crippen molar-refractivity contribution in [2.45, 2.75) is 38.3 Å². The number of aliphatic hydroxyl groups is 1. The van der Waals surface area contributed by atoms with E-state index in [4.69, 9.17) is 15.6 Å². The fourth-order valence-corrected chi connectivity index (χ4v) is 2.86. The number of ether oxygens (including phenoxy) is 1. The Morgan fingerprint density at radius 1 is 1.52 bits per heavy atom. The zero-order chi connectivity index (χ0) is 16.6. The molecule has 0 aromatic carbocycles. The lowest BCUT2D eigenvalue weighted by Gasteiger charge is -2.18. The minimum absolute atomic E-state index is 0.130. The molecule has 0 bridgehead atoms. The van der Waals surface area contributed by atoms with Gasteiger partial charge in [-0.1, -0.05) is 6.92 Å². The molecule has 0 radical (unpaired) electrons. The van der Waals surface area contributed by atoms with Crippen molar-refractivity contribution in [3.63, 3.8) is 0 Å². The van der Waals surface area contributed by atoms with Gasteiger partial charge in [-0.05, 0) is 6.42 Å². The van der Waals surface area contributed by atoms with Crippen LogP contribution >= 0.6 is 0 Å². The highest BCUT2D eigenvalue weighted by molar-refractivity contribution is 5.84. The number of nitrogens with two attached hydrogens (primary N) is 1. The van der Waals surface area contributed by atoms with Crippen LogP contribution in [-0.4, -0.2) is 57.1 Å². The first-order chi connectivity index (χ1) is 11.0. The molecule has 126 valence electrons. The number of rotatable bonds is 5. The highest BCUT2D eigenvalue weighted by Crippen LogP contribution is 2.33. The predicted octanol–water partition coefficient (Wildman–Crippen LogP) is 0.873. The summed E-state index contributed by atoms with van der Waals surface area (Å²) in [5, 5.41) is 9.14. The van der Waals surface area contributed by atoms with Crippen molar-refractivity contribution in [2.75, 3.05) is 30.8 Å². The van der Waals surface area contributed by atoms with Gasteiger partial charge in [-0.15, -0.1) is 0 Å². The molecule has 2 aromatic heterocycles. The van der Waals surface area contributed by atoms with Crippen LogP contribution in [0.25, 0.3) is 11.2 Å². The monoisotopic (exact) mass is 324 g/mol. The van der Waals surface area contributed by atoms with E-state index in [0.717, 1.165) is 13.0 Å². The molecule has 0 saturated carbocycles. The number of imidazole rings is 1. The van der Waals surface area contributed by atoms with Crippen LogP contribution in [0.2, 0.25) is 0 Å². The Bertz CT molecular complexity index is 693. The van der Waals surface area contributed by atoms with Crippen molar-refractivity contribution in [1.29, 1.82) is 0 Å². The van der Waals surface area contributed by atoms with E-state index in [2.05, 4.69) is 21.9 Å². The topological polar surface area (TPSA) is 102 Å². The third kappa shape index (κ3) is 2.81. The average Bonchev–Trinajstić information content (AvgIpc) is 3.09. The van der Waals surface area contributed by atoms with E-state index in [1.165, 1.54) is 0 Å². The van der Waals surface area contributed by atoms with Crippen molar-refractivity contribution in [3.05, 3.63) is 6.33 Å². The molecule has 8 nitrogen and oxygen atoms in total. The molecule has 1 aliphatic heterocycles. The molecule has 3 rings (SSSR count). The van der Waals surface area contributed by atoms with Crippen LogP contribution < -0.4 is 10.6 Å². The van der Waals surface area contributed by atoms with E-state index >= 15 is 0 Å². The summed E-state index contributed by atoms with van der Waals surface area (Å²) in [7, 11) is 1.91. The van der Waals surface area contributed by atoms with Crippen molar-refractivity contribution in [2.24, 2.45) is 0 Å². The predicted molar refractivity (Wildman–Crippen MR) is 83.8 cm³/mol. The Hall–Kier alpha value is -2.00. The number of hydrogen-bond donors (Lipinski definition) is 2. The molecule has 2 aromatic rings. The summed E-state index contributed by atoms with van der Waals surface area (Å²) < 4.78 is 21.0. The number of nitrogen functional groups attached to an aromatic ring is 1. The Kier molecular flexibility index (Phi) is 4.31. The summed E-state index contributed by atoms with van der Waals surface area (Å²) in [6.07, 6.45) is 0.0456.